The van der Waals surface area contributed by atoms with E-state index >= 15 is 0 Å². The minimum absolute atomic E-state index is 0.0826. The van der Waals surface area contributed by atoms with E-state index in [0.29, 0.717) is 16.5 Å². The number of hydrogen-bond acceptors (Lipinski definition) is 2. The molecule has 0 aliphatic carbocycles. The van der Waals surface area contributed by atoms with Crippen molar-refractivity contribution in [3.05, 3.63) is 96.3 Å². The van der Waals surface area contributed by atoms with Crippen LogP contribution in [0.25, 0.3) is 54.5 Å². The molecule has 0 spiro atoms. The Labute approximate surface area is 206 Å². The van der Waals surface area contributed by atoms with Gasteiger partial charge in [0, 0.05) is 10.9 Å². The average Bonchev–Trinajstić information content (AvgIpc) is 2.83. The molecule has 0 unspecified atom stereocenters. The number of benzene rings is 5. The molecule has 6 aromatic rings. The second-order valence-corrected chi connectivity index (χ2v) is 10.3. The molecule has 0 saturated carbocycles. The molecule has 0 radical (unpaired) electrons. The smallest absolute Gasteiger partial charge is 0.236 e. The van der Waals surface area contributed by atoms with Crippen LogP contribution in [-0.2, 0) is 11.6 Å². The number of nitrogens with zero attached hydrogens (tertiary/aromatic N) is 2. The molecule has 0 aliphatic rings. The largest absolute Gasteiger partial charge is 0.419 e. The number of aromatic nitrogens is 2. The summed E-state index contributed by atoms with van der Waals surface area (Å²) < 4.78 is 43.7. The van der Waals surface area contributed by atoms with Crippen molar-refractivity contribution in [3.8, 4) is 11.3 Å². The molecule has 36 heavy (non-hydrogen) atoms. The quantitative estimate of drug-likeness (QED) is 0.219. The summed E-state index contributed by atoms with van der Waals surface area (Å²) in [5.74, 6) is 0. The van der Waals surface area contributed by atoms with Gasteiger partial charge in [-0.2, -0.15) is 13.2 Å². The van der Waals surface area contributed by atoms with Crippen molar-refractivity contribution >= 4 is 43.2 Å². The zero-order valence-corrected chi connectivity index (χ0v) is 20.1. The van der Waals surface area contributed by atoms with Crippen molar-refractivity contribution in [3.63, 3.8) is 0 Å². The van der Waals surface area contributed by atoms with Gasteiger partial charge in [0.25, 0.3) is 0 Å². The van der Waals surface area contributed by atoms with Crippen LogP contribution in [0.15, 0.2) is 85.2 Å². The van der Waals surface area contributed by atoms with Gasteiger partial charge in [-0.25, -0.2) is 9.97 Å². The number of alkyl halides is 3. The lowest BCUT2D eigenvalue weighted by Gasteiger charge is -2.23. The topological polar surface area (TPSA) is 25.8 Å². The summed E-state index contributed by atoms with van der Waals surface area (Å²) in [5, 5.41) is 4.84. The van der Waals surface area contributed by atoms with E-state index in [1.54, 1.807) is 12.1 Å². The van der Waals surface area contributed by atoms with E-state index in [9.17, 15) is 13.2 Å². The summed E-state index contributed by atoms with van der Waals surface area (Å²) in [6.45, 7) is 6.41. The fourth-order valence-electron chi connectivity index (χ4n) is 5.19. The average molecular weight is 481 g/mol. The van der Waals surface area contributed by atoms with Crippen molar-refractivity contribution in [1.29, 1.82) is 0 Å². The monoisotopic (exact) mass is 480 g/mol. The normalized spacial score (nSPS) is 12.7. The minimum atomic E-state index is -4.58. The van der Waals surface area contributed by atoms with Gasteiger partial charge in [-0.05, 0) is 73.6 Å². The lowest BCUT2D eigenvalue weighted by atomic mass is 9.82. The van der Waals surface area contributed by atoms with Gasteiger partial charge in [0.1, 0.15) is 6.33 Å². The van der Waals surface area contributed by atoms with E-state index in [4.69, 9.17) is 0 Å². The molecule has 0 amide bonds. The van der Waals surface area contributed by atoms with Crippen molar-refractivity contribution < 1.29 is 13.2 Å². The molecule has 5 heteroatoms. The van der Waals surface area contributed by atoms with Crippen LogP contribution in [0.1, 0.15) is 31.9 Å². The highest BCUT2D eigenvalue weighted by atomic mass is 19.4. The van der Waals surface area contributed by atoms with E-state index in [1.807, 2.05) is 54.6 Å². The molecule has 0 bridgehead atoms. The van der Waals surface area contributed by atoms with Crippen molar-refractivity contribution in [2.24, 2.45) is 0 Å². The van der Waals surface area contributed by atoms with Crippen LogP contribution in [0.2, 0.25) is 0 Å². The van der Waals surface area contributed by atoms with Gasteiger partial charge < -0.3 is 0 Å². The van der Waals surface area contributed by atoms with E-state index < -0.39 is 11.7 Å². The number of halogens is 3. The van der Waals surface area contributed by atoms with Gasteiger partial charge in [0.05, 0.1) is 16.8 Å². The Morgan fingerprint density at radius 2 is 1.25 bits per heavy atom. The minimum Gasteiger partial charge on any atom is -0.236 e. The Hall–Kier alpha value is -3.99. The third-order valence-electron chi connectivity index (χ3n) is 6.83. The van der Waals surface area contributed by atoms with Gasteiger partial charge in [0.15, 0.2) is 0 Å². The Morgan fingerprint density at radius 3 is 1.94 bits per heavy atom. The third-order valence-corrected chi connectivity index (χ3v) is 6.83. The molecular weight excluding hydrogens is 457 g/mol. The van der Waals surface area contributed by atoms with Crippen LogP contribution in [0.4, 0.5) is 13.2 Å². The number of hydrogen-bond donors (Lipinski definition) is 0. The Bertz CT molecular complexity index is 1810. The molecule has 0 atom stereocenters. The standard InChI is InChI=1S/C31H23F3N2/c1-30(2,3)26-16-22(13-20-10-6-7-11-23(20)26)28-25-15-21-12-18-8-4-5-9-19(18)14-24(21)27(31(32,33)34)29(25)36-17-35-28/h4-17H,1-3H3. The molecule has 2 nitrogen and oxygen atoms in total. The van der Waals surface area contributed by atoms with Gasteiger partial charge >= 0.3 is 6.18 Å². The Balaban J connectivity index is 1.75. The second-order valence-electron chi connectivity index (χ2n) is 10.3. The van der Waals surface area contributed by atoms with Crippen LogP contribution < -0.4 is 0 Å². The summed E-state index contributed by atoms with van der Waals surface area (Å²) in [7, 11) is 0. The van der Waals surface area contributed by atoms with E-state index in [2.05, 4.69) is 42.9 Å². The van der Waals surface area contributed by atoms with Crippen molar-refractivity contribution in [1.82, 2.24) is 9.97 Å². The molecule has 0 N–H and O–H groups in total. The fraction of sp³-hybridized carbons (Fsp3) is 0.161. The summed E-state index contributed by atoms with van der Waals surface area (Å²) in [4.78, 5) is 8.69. The van der Waals surface area contributed by atoms with E-state index in [0.717, 1.165) is 32.7 Å². The third kappa shape index (κ3) is 3.58. The summed E-state index contributed by atoms with van der Waals surface area (Å²) >= 11 is 0. The molecule has 1 heterocycles. The number of fused-ring (bicyclic) bond motifs is 4. The lowest BCUT2D eigenvalue weighted by Crippen LogP contribution is -2.12. The molecule has 6 rings (SSSR count). The molecule has 0 saturated heterocycles. The van der Waals surface area contributed by atoms with Gasteiger partial charge in [-0.3, -0.25) is 0 Å². The maximum atomic E-state index is 14.6. The molecule has 178 valence electrons. The highest BCUT2D eigenvalue weighted by Gasteiger charge is 2.36. The van der Waals surface area contributed by atoms with Crippen LogP contribution in [0.3, 0.4) is 0 Å². The first-order chi connectivity index (χ1) is 17.1. The number of rotatable bonds is 1. The van der Waals surface area contributed by atoms with Crippen LogP contribution in [0.5, 0.6) is 0 Å². The zero-order valence-electron chi connectivity index (χ0n) is 20.1. The van der Waals surface area contributed by atoms with Crippen LogP contribution in [0, 0.1) is 0 Å². The first kappa shape index (κ1) is 22.5. The molecule has 0 fully saturated rings. The maximum absolute atomic E-state index is 14.6. The highest BCUT2D eigenvalue weighted by Crippen LogP contribution is 2.43. The van der Waals surface area contributed by atoms with Gasteiger partial charge in [-0.1, -0.05) is 69.3 Å². The highest BCUT2D eigenvalue weighted by molar-refractivity contribution is 6.10. The molecular formula is C31H23F3N2. The van der Waals surface area contributed by atoms with Crippen molar-refractivity contribution in [2.75, 3.05) is 0 Å². The Kier molecular flexibility index (Phi) is 4.84. The second kappa shape index (κ2) is 7.76. The first-order valence-electron chi connectivity index (χ1n) is 11.8. The molecule has 1 aromatic heterocycles. The van der Waals surface area contributed by atoms with Gasteiger partial charge in [0.2, 0.25) is 0 Å². The Morgan fingerprint density at radius 1 is 0.611 bits per heavy atom. The predicted octanol–water partition coefficient (Wildman–Crippen LogP) is 9.07. The summed E-state index contributed by atoms with van der Waals surface area (Å²) in [6.07, 6.45) is -3.34. The van der Waals surface area contributed by atoms with Gasteiger partial charge in [-0.15, -0.1) is 0 Å². The molecule has 0 aliphatic heterocycles. The van der Waals surface area contributed by atoms with Crippen molar-refractivity contribution in [2.45, 2.75) is 32.4 Å². The van der Waals surface area contributed by atoms with E-state index in [1.165, 1.54) is 6.33 Å². The zero-order chi connectivity index (χ0) is 25.2. The van der Waals surface area contributed by atoms with Crippen LogP contribution in [-0.4, -0.2) is 9.97 Å². The molecule has 5 aromatic carbocycles. The lowest BCUT2D eigenvalue weighted by molar-refractivity contribution is -0.135. The summed E-state index contributed by atoms with van der Waals surface area (Å²) in [6, 6.07) is 24.8. The predicted molar refractivity (Wildman–Crippen MR) is 141 cm³/mol. The SMILES string of the molecule is CC(C)(C)c1cc(-c2ncnc3c(C(F)(F)F)c4cc5ccccc5cc4cc23)cc2ccccc12. The summed E-state index contributed by atoms with van der Waals surface area (Å²) in [5.41, 5.74) is 1.42. The fourth-order valence-corrected chi connectivity index (χ4v) is 5.19. The maximum Gasteiger partial charge on any atom is 0.419 e. The van der Waals surface area contributed by atoms with E-state index in [-0.39, 0.29) is 16.3 Å². The first-order valence-corrected chi connectivity index (χ1v) is 11.8. The van der Waals surface area contributed by atoms with Crippen LogP contribution >= 0.6 is 0 Å².